The molecule has 1 unspecified atom stereocenters. The third-order valence-corrected chi connectivity index (χ3v) is 4.93. The fraction of sp³-hybridized carbons (Fsp3) is 0.588. The molecular formula is C17H24N4O3. The Morgan fingerprint density at radius 3 is 2.46 bits per heavy atom. The van der Waals surface area contributed by atoms with Crippen LogP contribution in [0.25, 0.3) is 0 Å². The Morgan fingerprint density at radius 1 is 1.12 bits per heavy atom. The van der Waals surface area contributed by atoms with Gasteiger partial charge >= 0.3 is 0 Å². The number of amides is 2. The molecule has 2 aliphatic rings. The lowest BCUT2D eigenvalue weighted by atomic mass is 10.1. The molecule has 2 amide bonds. The molecule has 2 saturated heterocycles. The van der Waals surface area contributed by atoms with Crippen LogP contribution in [0.5, 0.6) is 0 Å². The molecule has 0 radical (unpaired) electrons. The monoisotopic (exact) mass is 332 g/mol. The molecule has 130 valence electrons. The van der Waals surface area contributed by atoms with Crippen molar-refractivity contribution in [2.45, 2.75) is 25.8 Å². The maximum absolute atomic E-state index is 12.8. The second-order valence-electron chi connectivity index (χ2n) is 6.64. The van der Waals surface area contributed by atoms with Crippen molar-refractivity contribution < 1.29 is 14.4 Å². The topological polar surface area (TPSA) is 76.7 Å². The van der Waals surface area contributed by atoms with E-state index in [1.807, 2.05) is 11.9 Å². The molecule has 2 aliphatic heterocycles. The minimum atomic E-state index is -0.384. The summed E-state index contributed by atoms with van der Waals surface area (Å²) in [6, 6.07) is 1.19. The Kier molecular flexibility index (Phi) is 4.71. The molecule has 0 spiro atoms. The van der Waals surface area contributed by atoms with Gasteiger partial charge in [-0.3, -0.25) is 14.4 Å². The highest BCUT2D eigenvalue weighted by Crippen LogP contribution is 2.22. The van der Waals surface area contributed by atoms with E-state index in [4.69, 9.17) is 0 Å². The first-order valence-electron chi connectivity index (χ1n) is 8.45. The summed E-state index contributed by atoms with van der Waals surface area (Å²) in [7, 11) is 2.05. The molecule has 7 heteroatoms. The van der Waals surface area contributed by atoms with Crippen LogP contribution in [0.1, 0.15) is 40.6 Å². The predicted molar refractivity (Wildman–Crippen MR) is 88.9 cm³/mol. The molecule has 0 saturated carbocycles. The number of hydrogen-bond donors (Lipinski definition) is 1. The molecule has 0 bridgehead atoms. The second kappa shape index (κ2) is 6.76. The highest BCUT2D eigenvalue weighted by molar-refractivity contribution is 6.00. The summed E-state index contributed by atoms with van der Waals surface area (Å²) in [6.07, 6.45) is 3.08. The number of ketones is 1. The van der Waals surface area contributed by atoms with E-state index in [0.29, 0.717) is 37.3 Å². The number of aromatic nitrogens is 1. The normalized spacial score (nSPS) is 22.0. The lowest BCUT2D eigenvalue weighted by Gasteiger charge is -2.35. The highest BCUT2D eigenvalue weighted by Gasteiger charge is 2.37. The van der Waals surface area contributed by atoms with Crippen LogP contribution in [0.15, 0.2) is 12.3 Å². The van der Waals surface area contributed by atoms with E-state index in [2.05, 4.69) is 9.88 Å². The van der Waals surface area contributed by atoms with Gasteiger partial charge in [0.1, 0.15) is 11.7 Å². The third-order valence-electron chi connectivity index (χ3n) is 4.93. The van der Waals surface area contributed by atoms with Crippen LogP contribution in [0.3, 0.4) is 0 Å². The number of carbonyl (C=O) groups excluding carboxylic acids is 3. The average molecular weight is 332 g/mol. The minimum absolute atomic E-state index is 0.0484. The zero-order valence-electron chi connectivity index (χ0n) is 14.2. The number of rotatable bonds is 3. The Labute approximate surface area is 141 Å². The molecule has 1 aromatic heterocycles. The summed E-state index contributed by atoms with van der Waals surface area (Å²) in [5, 5.41) is 0. The predicted octanol–water partition coefficient (Wildman–Crippen LogP) is 0.596. The van der Waals surface area contributed by atoms with E-state index in [0.717, 1.165) is 19.5 Å². The number of hydrogen-bond acceptors (Lipinski definition) is 4. The molecule has 2 fully saturated rings. The van der Waals surface area contributed by atoms with Gasteiger partial charge in [-0.15, -0.1) is 0 Å². The lowest BCUT2D eigenvalue weighted by molar-refractivity contribution is -0.136. The number of piperazine rings is 1. The number of nitrogens with zero attached hydrogens (tertiary/aromatic N) is 3. The average Bonchev–Trinajstić information content (AvgIpc) is 3.24. The number of H-pyrrole nitrogens is 1. The smallest absolute Gasteiger partial charge is 0.270 e. The fourth-order valence-electron chi connectivity index (χ4n) is 3.38. The van der Waals surface area contributed by atoms with Crippen LogP contribution < -0.4 is 0 Å². The Morgan fingerprint density at radius 2 is 1.83 bits per heavy atom. The van der Waals surface area contributed by atoms with Crippen molar-refractivity contribution in [3.05, 3.63) is 23.5 Å². The van der Waals surface area contributed by atoms with Gasteiger partial charge in [-0.1, -0.05) is 0 Å². The molecule has 0 aromatic carbocycles. The van der Waals surface area contributed by atoms with Crippen LogP contribution in [0, 0.1) is 0 Å². The molecule has 1 N–H and O–H groups in total. The molecular weight excluding hydrogens is 308 g/mol. The molecule has 24 heavy (non-hydrogen) atoms. The highest BCUT2D eigenvalue weighted by atomic mass is 16.2. The van der Waals surface area contributed by atoms with Gasteiger partial charge in [0.05, 0.1) is 0 Å². The zero-order chi connectivity index (χ0) is 17.3. The number of carbonyl (C=O) groups is 3. The van der Waals surface area contributed by atoms with Crippen LogP contribution in [-0.2, 0) is 4.79 Å². The van der Waals surface area contributed by atoms with Gasteiger partial charge in [0.15, 0.2) is 5.78 Å². The molecule has 7 nitrogen and oxygen atoms in total. The number of nitrogens with one attached hydrogen (secondary N) is 1. The van der Waals surface area contributed by atoms with Crippen molar-refractivity contribution in [3.63, 3.8) is 0 Å². The SMILES string of the molecule is CC(=O)c1c[nH]c(C(=O)N2CCCC2C(=O)N2CCN(C)CC2)c1. The van der Waals surface area contributed by atoms with Gasteiger partial charge in [-0.2, -0.15) is 0 Å². The van der Waals surface area contributed by atoms with Crippen molar-refractivity contribution in [2.24, 2.45) is 0 Å². The first kappa shape index (κ1) is 16.7. The molecule has 3 heterocycles. The maximum Gasteiger partial charge on any atom is 0.270 e. The minimum Gasteiger partial charge on any atom is -0.356 e. The van der Waals surface area contributed by atoms with E-state index in [1.165, 1.54) is 6.92 Å². The first-order chi connectivity index (χ1) is 11.5. The van der Waals surface area contributed by atoms with Crippen molar-refractivity contribution in [1.29, 1.82) is 0 Å². The van der Waals surface area contributed by atoms with Crippen LogP contribution >= 0.6 is 0 Å². The quantitative estimate of drug-likeness (QED) is 0.822. The van der Waals surface area contributed by atoms with Crippen molar-refractivity contribution in [3.8, 4) is 0 Å². The molecule has 1 aromatic rings. The molecule has 3 rings (SSSR count). The van der Waals surface area contributed by atoms with Crippen LogP contribution in [-0.4, -0.2) is 83.1 Å². The van der Waals surface area contributed by atoms with Crippen molar-refractivity contribution in [2.75, 3.05) is 39.8 Å². The summed E-state index contributed by atoms with van der Waals surface area (Å²) in [6.45, 7) is 5.20. The number of likely N-dealkylation sites (N-methyl/N-ethyl adjacent to an activating group) is 1. The summed E-state index contributed by atoms with van der Waals surface area (Å²) in [5.74, 6) is -0.239. The van der Waals surface area contributed by atoms with Gasteiger partial charge < -0.3 is 19.7 Å². The molecule has 1 atom stereocenters. The summed E-state index contributed by atoms with van der Waals surface area (Å²) < 4.78 is 0. The van der Waals surface area contributed by atoms with Gasteiger partial charge in [0, 0.05) is 44.5 Å². The number of Topliss-reactive ketones (excluding diaryl/α,β-unsaturated/α-hetero) is 1. The van der Waals surface area contributed by atoms with E-state index in [-0.39, 0.29) is 23.6 Å². The van der Waals surface area contributed by atoms with Gasteiger partial charge in [0.2, 0.25) is 5.91 Å². The van der Waals surface area contributed by atoms with Crippen molar-refractivity contribution in [1.82, 2.24) is 19.7 Å². The van der Waals surface area contributed by atoms with E-state index in [9.17, 15) is 14.4 Å². The summed E-state index contributed by atoms with van der Waals surface area (Å²) >= 11 is 0. The van der Waals surface area contributed by atoms with E-state index in [1.54, 1.807) is 17.2 Å². The maximum atomic E-state index is 12.8. The Hall–Kier alpha value is -2.15. The number of aromatic amines is 1. The van der Waals surface area contributed by atoms with E-state index >= 15 is 0 Å². The summed E-state index contributed by atoms with van der Waals surface area (Å²) in [5.41, 5.74) is 0.859. The van der Waals surface area contributed by atoms with Crippen molar-refractivity contribution >= 4 is 17.6 Å². The van der Waals surface area contributed by atoms with Crippen LogP contribution in [0.4, 0.5) is 0 Å². The van der Waals surface area contributed by atoms with Gasteiger partial charge in [0.25, 0.3) is 5.91 Å². The van der Waals surface area contributed by atoms with Gasteiger partial charge in [-0.05, 0) is 32.9 Å². The Bertz CT molecular complexity index is 646. The summed E-state index contributed by atoms with van der Waals surface area (Å²) in [4.78, 5) is 45.5. The zero-order valence-corrected chi connectivity index (χ0v) is 14.2. The standard InChI is InChI=1S/C17H24N4O3/c1-12(22)13-10-14(18-11-13)16(23)21-5-3-4-15(21)17(24)20-8-6-19(2)7-9-20/h10-11,15,18H,3-9H2,1-2H3. The lowest BCUT2D eigenvalue weighted by Crippen LogP contribution is -2.53. The molecule has 0 aliphatic carbocycles. The largest absolute Gasteiger partial charge is 0.356 e. The second-order valence-corrected chi connectivity index (χ2v) is 6.64. The third kappa shape index (κ3) is 3.21. The first-order valence-corrected chi connectivity index (χ1v) is 8.45. The number of likely N-dealkylation sites (tertiary alicyclic amines) is 1. The van der Waals surface area contributed by atoms with E-state index < -0.39 is 0 Å². The van der Waals surface area contributed by atoms with Gasteiger partial charge in [-0.25, -0.2) is 0 Å². The fourth-order valence-corrected chi connectivity index (χ4v) is 3.38. The Balaban J connectivity index is 1.71. The van der Waals surface area contributed by atoms with Crippen LogP contribution in [0.2, 0.25) is 0 Å².